The van der Waals surface area contributed by atoms with Crippen LogP contribution in [0.3, 0.4) is 0 Å². The Morgan fingerprint density at radius 3 is 2.61 bits per heavy atom. The predicted octanol–water partition coefficient (Wildman–Crippen LogP) is 2.62. The van der Waals surface area contributed by atoms with Crippen LogP contribution in [0, 0.1) is 0 Å². The van der Waals surface area contributed by atoms with Crippen molar-refractivity contribution in [1.82, 2.24) is 10.6 Å². The number of nitrogens with zero attached hydrogens (tertiary/aromatic N) is 1. The quantitative estimate of drug-likeness (QED) is 0.561. The van der Waals surface area contributed by atoms with E-state index in [-0.39, 0.29) is 18.1 Å². The first-order valence-electron chi connectivity index (χ1n) is 7.68. The summed E-state index contributed by atoms with van der Waals surface area (Å²) in [7, 11) is 1.56. The van der Waals surface area contributed by atoms with Gasteiger partial charge in [0.15, 0.2) is 0 Å². The standard InChI is InChI=1S/C17H21N2O4/c1-3-4-5-10-23-11-14-15(19-17(21)18-14)16(20)12-6-8-13(22-2)9-7-12/h6-9H,3-5,10-11H2,1-2H3,(H,18,21). The second-order valence-corrected chi connectivity index (χ2v) is 5.19. The zero-order valence-corrected chi connectivity index (χ0v) is 13.4. The maximum absolute atomic E-state index is 12.5. The molecule has 1 N–H and O–H groups in total. The highest BCUT2D eigenvalue weighted by Gasteiger charge is 2.28. The number of Topliss-reactive ketones (excluding diaryl/α,β-unsaturated/α-hetero) is 1. The predicted molar refractivity (Wildman–Crippen MR) is 85.4 cm³/mol. The molecule has 123 valence electrons. The van der Waals surface area contributed by atoms with Crippen LogP contribution < -0.4 is 15.4 Å². The number of unbranched alkanes of at least 4 members (excludes halogenated alkanes) is 2. The molecule has 0 fully saturated rings. The average Bonchev–Trinajstić information content (AvgIpc) is 2.95. The van der Waals surface area contributed by atoms with Gasteiger partial charge in [-0.3, -0.25) is 4.79 Å². The Bertz CT molecular complexity index is 593. The van der Waals surface area contributed by atoms with Crippen LogP contribution in [-0.2, 0) is 4.74 Å². The number of methoxy groups -OCH3 is 1. The number of urea groups is 1. The first-order valence-corrected chi connectivity index (χ1v) is 7.68. The van der Waals surface area contributed by atoms with Gasteiger partial charge in [0.05, 0.1) is 19.4 Å². The molecule has 0 saturated heterocycles. The minimum absolute atomic E-state index is 0.121. The second kappa shape index (κ2) is 8.33. The number of hydrogen-bond acceptors (Lipinski definition) is 4. The highest BCUT2D eigenvalue weighted by molar-refractivity contribution is 6.12. The van der Waals surface area contributed by atoms with Crippen molar-refractivity contribution in [3.05, 3.63) is 41.2 Å². The summed E-state index contributed by atoms with van der Waals surface area (Å²) in [6.45, 7) is 2.89. The minimum Gasteiger partial charge on any atom is -0.497 e. The van der Waals surface area contributed by atoms with E-state index >= 15 is 0 Å². The van der Waals surface area contributed by atoms with E-state index in [1.165, 1.54) is 0 Å². The first-order chi connectivity index (χ1) is 11.2. The van der Waals surface area contributed by atoms with E-state index in [9.17, 15) is 9.59 Å². The molecule has 6 nitrogen and oxygen atoms in total. The molecule has 0 unspecified atom stereocenters. The first kappa shape index (κ1) is 17.0. The van der Waals surface area contributed by atoms with Crippen molar-refractivity contribution in [2.75, 3.05) is 20.3 Å². The molecular weight excluding hydrogens is 296 g/mol. The normalized spacial score (nSPS) is 13.7. The van der Waals surface area contributed by atoms with E-state index in [1.54, 1.807) is 31.4 Å². The third kappa shape index (κ3) is 4.56. The van der Waals surface area contributed by atoms with Crippen molar-refractivity contribution in [3.63, 3.8) is 0 Å². The Balaban J connectivity index is 2.04. The molecular formula is C17H21N2O4. The van der Waals surface area contributed by atoms with Crippen LogP contribution >= 0.6 is 0 Å². The lowest BCUT2D eigenvalue weighted by atomic mass is 10.1. The molecule has 1 aromatic rings. The van der Waals surface area contributed by atoms with Crippen LogP contribution in [-0.4, -0.2) is 32.1 Å². The number of carbonyl (C=O) groups is 2. The molecule has 0 bridgehead atoms. The molecule has 0 saturated carbocycles. The van der Waals surface area contributed by atoms with Crippen molar-refractivity contribution in [3.8, 4) is 5.75 Å². The van der Waals surface area contributed by atoms with Crippen LogP contribution in [0.1, 0.15) is 36.5 Å². The number of ketones is 1. The molecule has 1 aliphatic rings. The van der Waals surface area contributed by atoms with Gasteiger partial charge in [0.25, 0.3) is 0 Å². The molecule has 2 rings (SSSR count). The number of ether oxygens (including phenoxy) is 2. The molecule has 0 atom stereocenters. The van der Waals surface area contributed by atoms with Crippen LogP contribution in [0.15, 0.2) is 35.7 Å². The Morgan fingerprint density at radius 2 is 1.96 bits per heavy atom. The largest absolute Gasteiger partial charge is 0.497 e. The van der Waals surface area contributed by atoms with E-state index in [0.717, 1.165) is 19.3 Å². The summed E-state index contributed by atoms with van der Waals surface area (Å²) in [5.74, 6) is 0.353. The van der Waals surface area contributed by atoms with Crippen molar-refractivity contribution in [1.29, 1.82) is 0 Å². The number of rotatable bonds is 9. The zero-order chi connectivity index (χ0) is 16.7. The zero-order valence-electron chi connectivity index (χ0n) is 13.4. The highest BCUT2D eigenvalue weighted by atomic mass is 16.5. The Hall–Kier alpha value is -2.34. The highest BCUT2D eigenvalue weighted by Crippen LogP contribution is 2.18. The van der Waals surface area contributed by atoms with Crippen molar-refractivity contribution >= 4 is 11.8 Å². The number of nitrogens with one attached hydrogen (secondary N) is 1. The maximum atomic E-state index is 12.5. The maximum Gasteiger partial charge on any atom is 0.346 e. The summed E-state index contributed by atoms with van der Waals surface area (Å²) in [4.78, 5) is 24.0. The SMILES string of the molecule is CCCCCOCC1=C(C(=O)c2ccc(OC)cc2)[N]C(=O)N1. The minimum atomic E-state index is -0.533. The molecule has 1 aliphatic heterocycles. The molecule has 2 amide bonds. The van der Waals surface area contributed by atoms with Crippen molar-refractivity contribution in [2.45, 2.75) is 26.2 Å². The molecule has 0 aliphatic carbocycles. The topological polar surface area (TPSA) is 78.7 Å². The molecule has 1 heterocycles. The number of carbonyl (C=O) groups excluding carboxylic acids is 2. The van der Waals surface area contributed by atoms with E-state index in [0.29, 0.717) is 23.6 Å². The third-order valence-electron chi connectivity index (χ3n) is 3.46. The fourth-order valence-electron chi connectivity index (χ4n) is 2.18. The number of benzene rings is 1. The number of hydrogen-bond donors (Lipinski definition) is 1. The summed E-state index contributed by atoms with van der Waals surface area (Å²) in [6.07, 6.45) is 3.16. The molecule has 1 radical (unpaired) electrons. The van der Waals surface area contributed by atoms with Gasteiger partial charge in [0.2, 0.25) is 5.78 Å². The Labute approximate surface area is 135 Å². The average molecular weight is 317 g/mol. The van der Waals surface area contributed by atoms with Crippen molar-refractivity contribution in [2.24, 2.45) is 0 Å². The lowest BCUT2D eigenvalue weighted by molar-refractivity contribution is 0.102. The van der Waals surface area contributed by atoms with Crippen LogP contribution in [0.25, 0.3) is 0 Å². The monoisotopic (exact) mass is 317 g/mol. The van der Waals surface area contributed by atoms with E-state index in [2.05, 4.69) is 17.6 Å². The van der Waals surface area contributed by atoms with Gasteiger partial charge in [-0.25, -0.2) is 4.79 Å². The van der Waals surface area contributed by atoms with Gasteiger partial charge in [-0.05, 0) is 30.7 Å². The molecule has 0 spiro atoms. The van der Waals surface area contributed by atoms with Gasteiger partial charge in [-0.15, -0.1) is 0 Å². The third-order valence-corrected chi connectivity index (χ3v) is 3.46. The van der Waals surface area contributed by atoms with Gasteiger partial charge in [0, 0.05) is 12.2 Å². The number of amides is 2. The van der Waals surface area contributed by atoms with Gasteiger partial charge >= 0.3 is 6.03 Å². The molecule has 1 aromatic carbocycles. The second-order valence-electron chi connectivity index (χ2n) is 5.19. The fourth-order valence-corrected chi connectivity index (χ4v) is 2.18. The lowest BCUT2D eigenvalue weighted by Gasteiger charge is -2.07. The summed E-state index contributed by atoms with van der Waals surface area (Å²) in [5, 5.41) is 6.34. The summed E-state index contributed by atoms with van der Waals surface area (Å²) < 4.78 is 10.6. The molecule has 23 heavy (non-hydrogen) atoms. The molecule has 0 aromatic heterocycles. The summed E-state index contributed by atoms with van der Waals surface area (Å²) in [5.41, 5.74) is 0.993. The van der Waals surface area contributed by atoms with Gasteiger partial charge in [0.1, 0.15) is 11.4 Å². The van der Waals surface area contributed by atoms with E-state index in [1.807, 2.05) is 0 Å². The lowest BCUT2D eigenvalue weighted by Crippen LogP contribution is -2.21. The molecule has 6 heteroatoms. The van der Waals surface area contributed by atoms with E-state index in [4.69, 9.17) is 9.47 Å². The van der Waals surface area contributed by atoms with Crippen LogP contribution in [0.2, 0.25) is 0 Å². The summed E-state index contributed by atoms with van der Waals surface area (Å²) >= 11 is 0. The number of allylic oxidation sites excluding steroid dienone is 1. The van der Waals surface area contributed by atoms with E-state index < -0.39 is 6.03 Å². The van der Waals surface area contributed by atoms with Gasteiger partial charge < -0.3 is 14.8 Å². The Morgan fingerprint density at radius 1 is 1.22 bits per heavy atom. The Kier molecular flexibility index (Phi) is 6.17. The smallest absolute Gasteiger partial charge is 0.346 e. The van der Waals surface area contributed by atoms with Crippen molar-refractivity contribution < 1.29 is 19.1 Å². The van der Waals surface area contributed by atoms with Crippen LogP contribution in [0.5, 0.6) is 5.75 Å². The van der Waals surface area contributed by atoms with Crippen LogP contribution in [0.4, 0.5) is 4.79 Å². The van der Waals surface area contributed by atoms with Gasteiger partial charge in [-0.2, -0.15) is 5.32 Å². The fraction of sp³-hybridized carbons (Fsp3) is 0.412. The van der Waals surface area contributed by atoms with Gasteiger partial charge in [-0.1, -0.05) is 19.8 Å². The summed E-state index contributed by atoms with van der Waals surface area (Å²) in [6, 6.07) is 6.14.